The summed E-state index contributed by atoms with van der Waals surface area (Å²) < 4.78 is 0. The molecule has 172 valence electrons. The van der Waals surface area contributed by atoms with Crippen LogP contribution in [0.1, 0.15) is 72.6 Å². The van der Waals surface area contributed by atoms with E-state index >= 15 is 0 Å². The van der Waals surface area contributed by atoms with Gasteiger partial charge in [0.1, 0.15) is 17.5 Å². The summed E-state index contributed by atoms with van der Waals surface area (Å²) in [7, 11) is 0. The number of amides is 1. The Kier molecular flexibility index (Phi) is 7.09. The molecule has 0 saturated carbocycles. The largest absolute Gasteiger partial charge is 0.508 e. The zero-order valence-corrected chi connectivity index (χ0v) is 19.1. The average molecular weight is 441 g/mol. The van der Waals surface area contributed by atoms with E-state index in [1.54, 1.807) is 11.0 Å². The summed E-state index contributed by atoms with van der Waals surface area (Å²) in [5, 5.41) is 32.8. The maximum absolute atomic E-state index is 13.1. The molecule has 0 fully saturated rings. The molecule has 0 spiro atoms. The van der Waals surface area contributed by atoms with E-state index in [4.69, 9.17) is 0 Å². The quantitative estimate of drug-likeness (QED) is 0.495. The minimum Gasteiger partial charge on any atom is -0.508 e. The Hall–Kier alpha value is -3.06. The van der Waals surface area contributed by atoms with Gasteiger partial charge in [0.2, 0.25) is 0 Å². The summed E-state index contributed by atoms with van der Waals surface area (Å²) in [5.41, 5.74) is 3.80. The molecule has 0 aromatic heterocycles. The minimum absolute atomic E-state index is 0.0123. The number of carboxylic acid groups (broad SMARTS) is 1. The number of carbonyl (C=O) groups excluding carboxylic acids is 1. The summed E-state index contributed by atoms with van der Waals surface area (Å²) in [6.07, 6.45) is 0.553. The van der Waals surface area contributed by atoms with Crippen LogP contribution < -0.4 is 5.32 Å². The van der Waals surface area contributed by atoms with Crippen LogP contribution in [0.15, 0.2) is 30.3 Å². The van der Waals surface area contributed by atoms with Crippen molar-refractivity contribution in [2.75, 3.05) is 0 Å². The van der Waals surface area contributed by atoms with Gasteiger partial charge >= 0.3 is 5.97 Å². The second-order valence-corrected chi connectivity index (χ2v) is 9.25. The van der Waals surface area contributed by atoms with Gasteiger partial charge in [-0.05, 0) is 46.6 Å². The van der Waals surface area contributed by atoms with E-state index in [1.165, 1.54) is 6.07 Å². The van der Waals surface area contributed by atoms with Crippen molar-refractivity contribution in [2.24, 2.45) is 5.92 Å². The number of aromatic hydroxyl groups is 2. The van der Waals surface area contributed by atoms with Crippen molar-refractivity contribution in [3.8, 4) is 11.5 Å². The van der Waals surface area contributed by atoms with Gasteiger partial charge in [0.15, 0.2) is 0 Å². The Balaban J connectivity index is 1.72. The molecule has 32 heavy (non-hydrogen) atoms. The van der Waals surface area contributed by atoms with E-state index in [0.717, 1.165) is 16.7 Å². The van der Waals surface area contributed by atoms with Gasteiger partial charge < -0.3 is 25.5 Å². The van der Waals surface area contributed by atoms with Crippen LogP contribution in [0.3, 0.4) is 0 Å². The van der Waals surface area contributed by atoms with E-state index in [9.17, 15) is 24.9 Å². The molecule has 3 rings (SSSR count). The minimum atomic E-state index is -0.855. The van der Waals surface area contributed by atoms with Crippen LogP contribution in [0.4, 0.5) is 0 Å². The van der Waals surface area contributed by atoms with Crippen LogP contribution in [0.5, 0.6) is 11.5 Å². The van der Waals surface area contributed by atoms with E-state index in [1.807, 2.05) is 45.9 Å². The van der Waals surface area contributed by atoms with Crippen LogP contribution in [-0.4, -0.2) is 38.1 Å². The van der Waals surface area contributed by atoms with Gasteiger partial charge in [-0.3, -0.25) is 9.59 Å². The first kappa shape index (κ1) is 23.6. The first-order chi connectivity index (χ1) is 15.1. The molecule has 4 N–H and O–H groups in total. The number of hydrogen-bond acceptors (Lipinski definition) is 5. The molecule has 0 saturated heterocycles. The maximum atomic E-state index is 13.1. The number of carbonyl (C=O) groups is 2. The lowest BCUT2D eigenvalue weighted by molar-refractivity contribution is -0.140. The summed E-state index contributed by atoms with van der Waals surface area (Å²) in [4.78, 5) is 26.2. The van der Waals surface area contributed by atoms with Crippen molar-refractivity contribution >= 4 is 11.9 Å². The predicted octanol–water partition coefficient (Wildman–Crippen LogP) is 3.97. The van der Waals surface area contributed by atoms with Crippen molar-refractivity contribution in [3.63, 3.8) is 0 Å². The molecule has 1 aliphatic heterocycles. The fraction of sp³-hybridized carbons (Fsp3) is 0.440. The first-order valence-corrected chi connectivity index (χ1v) is 11.0. The summed E-state index contributed by atoms with van der Waals surface area (Å²) in [6, 6.07) is 8.11. The summed E-state index contributed by atoms with van der Waals surface area (Å²) >= 11 is 0. The number of rotatable bonds is 8. The highest BCUT2D eigenvalue weighted by atomic mass is 16.4. The van der Waals surface area contributed by atoms with Crippen LogP contribution in [0, 0.1) is 5.92 Å². The third-order valence-electron chi connectivity index (χ3n) is 5.84. The highest BCUT2D eigenvalue weighted by Gasteiger charge is 2.27. The number of aliphatic carboxylic acids is 1. The monoisotopic (exact) mass is 440 g/mol. The van der Waals surface area contributed by atoms with Crippen LogP contribution >= 0.6 is 0 Å². The lowest BCUT2D eigenvalue weighted by Gasteiger charge is -2.18. The predicted molar refractivity (Wildman–Crippen MR) is 122 cm³/mol. The lowest BCUT2D eigenvalue weighted by Crippen LogP contribution is -2.37. The van der Waals surface area contributed by atoms with Gasteiger partial charge in [-0.25, -0.2) is 0 Å². The summed E-state index contributed by atoms with van der Waals surface area (Å²) in [5.74, 6) is -1.11. The van der Waals surface area contributed by atoms with Crippen molar-refractivity contribution in [2.45, 2.75) is 65.7 Å². The molecule has 1 atom stereocenters. The number of benzene rings is 2. The third-order valence-corrected chi connectivity index (χ3v) is 5.84. The van der Waals surface area contributed by atoms with Gasteiger partial charge in [0, 0.05) is 25.7 Å². The second-order valence-electron chi connectivity index (χ2n) is 9.25. The molecule has 7 nitrogen and oxygen atoms in total. The van der Waals surface area contributed by atoms with E-state index in [2.05, 4.69) is 5.32 Å². The molecule has 7 heteroatoms. The number of phenolic OH excluding ortho intramolecular Hbond substituents is 2. The Bertz CT molecular complexity index is 1020. The molecule has 2 aromatic rings. The molecule has 1 aliphatic rings. The number of nitrogens with one attached hydrogen (secondary N) is 1. The van der Waals surface area contributed by atoms with Gasteiger partial charge in [0.05, 0.1) is 5.56 Å². The molecular weight excluding hydrogens is 408 g/mol. The zero-order valence-electron chi connectivity index (χ0n) is 19.1. The number of fused-ring (bicyclic) bond motifs is 1. The number of hydrogen-bond donors (Lipinski definition) is 4. The SMILES string of the molecule is CC(C)C[C@H](NCc1ccc2c(c1)CN(C(=O)c1cc(C(C)C)c(O)cc1O)C2)C(=O)O. The Morgan fingerprint density at radius 1 is 1.00 bits per heavy atom. The maximum Gasteiger partial charge on any atom is 0.320 e. The second kappa shape index (κ2) is 9.61. The zero-order chi connectivity index (χ0) is 23.6. The Morgan fingerprint density at radius 2 is 1.69 bits per heavy atom. The first-order valence-electron chi connectivity index (χ1n) is 11.0. The van der Waals surface area contributed by atoms with Gasteiger partial charge in [-0.1, -0.05) is 45.9 Å². The van der Waals surface area contributed by atoms with Gasteiger partial charge in [-0.15, -0.1) is 0 Å². The fourth-order valence-corrected chi connectivity index (χ4v) is 4.08. The fourth-order valence-electron chi connectivity index (χ4n) is 4.08. The molecule has 0 aliphatic carbocycles. The van der Waals surface area contributed by atoms with Crippen LogP contribution in [0.25, 0.3) is 0 Å². The summed E-state index contributed by atoms with van der Waals surface area (Å²) in [6.45, 7) is 9.10. The van der Waals surface area contributed by atoms with Crippen molar-refractivity contribution in [3.05, 3.63) is 58.1 Å². The average Bonchev–Trinajstić information content (AvgIpc) is 3.13. The smallest absolute Gasteiger partial charge is 0.320 e. The molecule has 0 unspecified atom stereocenters. The van der Waals surface area contributed by atoms with E-state index in [-0.39, 0.29) is 34.8 Å². The highest BCUT2D eigenvalue weighted by molar-refractivity contribution is 5.97. The third kappa shape index (κ3) is 5.22. The molecule has 1 heterocycles. The van der Waals surface area contributed by atoms with Crippen molar-refractivity contribution in [1.82, 2.24) is 10.2 Å². The van der Waals surface area contributed by atoms with Crippen molar-refractivity contribution < 1.29 is 24.9 Å². The van der Waals surface area contributed by atoms with Gasteiger partial charge in [0.25, 0.3) is 5.91 Å². The van der Waals surface area contributed by atoms with Gasteiger partial charge in [-0.2, -0.15) is 0 Å². The standard InChI is InChI=1S/C25H32N2O5/c1-14(2)7-21(25(31)32)26-11-16-5-6-17-12-27(13-18(17)8-16)24(30)20-9-19(15(3)4)22(28)10-23(20)29/h5-6,8-10,14-15,21,26,28-29H,7,11-13H2,1-4H3,(H,31,32)/t21-/m0/s1. The lowest BCUT2D eigenvalue weighted by atomic mass is 9.98. The molecule has 1 amide bonds. The van der Waals surface area contributed by atoms with Crippen molar-refractivity contribution in [1.29, 1.82) is 0 Å². The Labute approximate surface area is 188 Å². The topological polar surface area (TPSA) is 110 Å². The van der Waals surface area contributed by atoms with E-state index < -0.39 is 12.0 Å². The van der Waals surface area contributed by atoms with Crippen LogP contribution in [0.2, 0.25) is 0 Å². The molecular formula is C25H32N2O5. The number of nitrogens with zero attached hydrogens (tertiary/aromatic N) is 1. The highest BCUT2D eigenvalue weighted by Crippen LogP contribution is 2.34. The molecule has 0 bridgehead atoms. The van der Waals surface area contributed by atoms with E-state index in [0.29, 0.717) is 31.6 Å². The Morgan fingerprint density at radius 3 is 2.31 bits per heavy atom. The van der Waals surface area contributed by atoms with Crippen LogP contribution in [-0.2, 0) is 24.4 Å². The number of phenols is 2. The normalized spacial score (nSPS) is 14.1. The number of carboxylic acids is 1. The molecule has 0 radical (unpaired) electrons. The molecule has 2 aromatic carbocycles.